The summed E-state index contributed by atoms with van der Waals surface area (Å²) in [6.45, 7) is 0. The highest BCUT2D eigenvalue weighted by atomic mass is 32.1. The lowest BCUT2D eigenvalue weighted by atomic mass is 9.66. The second-order valence-corrected chi connectivity index (χ2v) is 6.22. The predicted octanol–water partition coefficient (Wildman–Crippen LogP) is 3.64. The van der Waals surface area contributed by atoms with Crippen LogP contribution >= 0.6 is 12.6 Å². The molecule has 0 aromatic heterocycles. The van der Waals surface area contributed by atoms with Crippen LogP contribution in [0.4, 0.5) is 0 Å². The van der Waals surface area contributed by atoms with E-state index < -0.39 is 5.41 Å². The van der Waals surface area contributed by atoms with Crippen molar-refractivity contribution >= 4 is 12.6 Å². The second-order valence-electron chi connectivity index (χ2n) is 5.73. The molecule has 3 rings (SSSR count). The molecule has 0 saturated carbocycles. The Kier molecular flexibility index (Phi) is 4.64. The van der Waals surface area contributed by atoms with Crippen LogP contribution in [0.3, 0.4) is 0 Å². The summed E-state index contributed by atoms with van der Waals surface area (Å²) in [5.41, 5.74) is 6.89. The van der Waals surface area contributed by atoms with Gasteiger partial charge in [0.15, 0.2) is 0 Å². The fourth-order valence-corrected chi connectivity index (χ4v) is 3.56. The number of benzene rings is 2. The first-order chi connectivity index (χ1) is 12.1. The molecule has 0 atom stereocenters. The normalized spacial score (nSPS) is 15.8. The van der Waals surface area contributed by atoms with Crippen LogP contribution in [0.15, 0.2) is 82.9 Å². The van der Waals surface area contributed by atoms with Gasteiger partial charge in [-0.25, -0.2) is 0 Å². The van der Waals surface area contributed by atoms with Crippen LogP contribution in [0, 0.1) is 22.1 Å². The van der Waals surface area contributed by atoms with E-state index in [1.54, 1.807) is 0 Å². The highest BCUT2D eigenvalue weighted by Crippen LogP contribution is 2.48. The number of thiol groups is 1. The van der Waals surface area contributed by atoms with Crippen molar-refractivity contribution in [2.75, 3.05) is 0 Å². The van der Waals surface area contributed by atoms with E-state index in [9.17, 15) is 10.1 Å². The fraction of sp³-hybridized carbons (Fsp3) is 0.100. The molecule has 1 aliphatic rings. The van der Waals surface area contributed by atoms with Gasteiger partial charge < -0.3 is 5.73 Å². The topological polar surface area (TPSA) is 69.2 Å². The van der Waals surface area contributed by atoms with Crippen molar-refractivity contribution in [2.45, 2.75) is 11.8 Å². The van der Waals surface area contributed by atoms with E-state index in [0.29, 0.717) is 16.9 Å². The number of allylic oxidation sites excluding steroid dienone is 3. The van der Waals surface area contributed by atoms with Crippen molar-refractivity contribution in [3.8, 4) is 12.0 Å². The maximum Gasteiger partial charge on any atom is 0.262 e. The zero-order valence-electron chi connectivity index (χ0n) is 13.3. The first-order valence-corrected chi connectivity index (χ1v) is 8.15. The zero-order valence-corrected chi connectivity index (χ0v) is 14.2. The molecule has 124 valence electrons. The number of nitrogens with two attached hydrogens (primary N) is 1. The van der Waals surface area contributed by atoms with Crippen LogP contribution < -0.4 is 5.73 Å². The number of hydrogen-bond acceptors (Lipinski definition) is 4. The Morgan fingerprint density at radius 1 is 1.04 bits per heavy atom. The molecule has 0 fully saturated rings. The standard InChI is InChI=1S/C20H16N2O2S/c21-12-11-15-14-20(16-7-3-1-4-8-16,17-9-5-2-6-10-17)19(22(23)24)13-18(15)25/h1-10,13,25H,14,21H2. The molecule has 2 N–H and O–H groups in total. The van der Waals surface area contributed by atoms with Gasteiger partial charge in [-0.15, -0.1) is 12.6 Å². The van der Waals surface area contributed by atoms with Gasteiger partial charge in [0, 0.05) is 29.0 Å². The highest BCUT2D eigenvalue weighted by molar-refractivity contribution is 7.84. The molecule has 4 nitrogen and oxygen atoms in total. The largest absolute Gasteiger partial charge is 0.359 e. The summed E-state index contributed by atoms with van der Waals surface area (Å²) in [6, 6.07) is 21.3. The lowest BCUT2D eigenvalue weighted by Gasteiger charge is -2.35. The maximum atomic E-state index is 11.9. The molecule has 25 heavy (non-hydrogen) atoms. The molecule has 0 bridgehead atoms. The molecule has 5 heteroatoms. The summed E-state index contributed by atoms with van der Waals surface area (Å²) in [5.74, 6) is 2.85. The van der Waals surface area contributed by atoms with Gasteiger partial charge in [-0.1, -0.05) is 60.7 Å². The van der Waals surface area contributed by atoms with Crippen LogP contribution in [0.25, 0.3) is 0 Å². The molecular formula is C20H16N2O2S. The Labute approximate surface area is 151 Å². The molecule has 0 unspecified atom stereocenters. The Bertz CT molecular complexity index is 883. The average molecular weight is 348 g/mol. The van der Waals surface area contributed by atoms with E-state index in [1.807, 2.05) is 60.7 Å². The van der Waals surface area contributed by atoms with Crippen molar-refractivity contribution in [1.29, 1.82) is 0 Å². The summed E-state index contributed by atoms with van der Waals surface area (Å²) in [6.07, 6.45) is 1.82. The third-order valence-corrected chi connectivity index (χ3v) is 4.81. The molecule has 0 saturated heterocycles. The first kappa shape index (κ1) is 16.9. The Morgan fingerprint density at radius 3 is 2.00 bits per heavy atom. The number of rotatable bonds is 3. The summed E-state index contributed by atoms with van der Waals surface area (Å²) < 4.78 is 0. The van der Waals surface area contributed by atoms with Gasteiger partial charge in [-0.2, -0.15) is 0 Å². The molecule has 1 aliphatic carbocycles. The molecule has 0 heterocycles. The predicted molar refractivity (Wildman–Crippen MR) is 101 cm³/mol. The number of hydrogen-bond donors (Lipinski definition) is 2. The Hall–Kier alpha value is -2.97. The molecule has 2 aromatic rings. The smallest absolute Gasteiger partial charge is 0.262 e. The van der Waals surface area contributed by atoms with E-state index in [-0.39, 0.29) is 10.6 Å². The van der Waals surface area contributed by atoms with Gasteiger partial charge >= 0.3 is 0 Å². The number of nitrogens with zero attached hydrogens (tertiary/aromatic N) is 1. The van der Waals surface area contributed by atoms with E-state index in [0.717, 1.165) is 11.1 Å². The van der Waals surface area contributed by atoms with Crippen molar-refractivity contribution in [3.05, 3.63) is 104 Å². The monoisotopic (exact) mass is 348 g/mol. The van der Waals surface area contributed by atoms with E-state index in [2.05, 4.69) is 24.6 Å². The van der Waals surface area contributed by atoms with Gasteiger partial charge in [0.25, 0.3) is 5.70 Å². The first-order valence-electron chi connectivity index (χ1n) is 7.71. The number of nitro groups is 1. The third-order valence-electron chi connectivity index (χ3n) is 4.41. The second kappa shape index (κ2) is 6.88. The van der Waals surface area contributed by atoms with E-state index in [1.165, 1.54) is 6.08 Å². The van der Waals surface area contributed by atoms with Gasteiger partial charge in [-0.3, -0.25) is 10.1 Å². The van der Waals surface area contributed by atoms with Crippen LogP contribution in [-0.2, 0) is 5.41 Å². The minimum Gasteiger partial charge on any atom is -0.359 e. The zero-order chi connectivity index (χ0) is 17.9. The lowest BCUT2D eigenvalue weighted by molar-refractivity contribution is -0.434. The minimum absolute atomic E-state index is 0.0810. The Morgan fingerprint density at radius 2 is 1.56 bits per heavy atom. The van der Waals surface area contributed by atoms with Crippen molar-refractivity contribution in [2.24, 2.45) is 5.73 Å². The van der Waals surface area contributed by atoms with Crippen molar-refractivity contribution < 1.29 is 4.92 Å². The summed E-state index contributed by atoms with van der Waals surface area (Å²) in [5, 5.41) is 11.9. The molecule has 2 aromatic carbocycles. The van der Waals surface area contributed by atoms with Crippen LogP contribution in [0.5, 0.6) is 0 Å². The minimum atomic E-state index is -0.947. The third kappa shape index (κ3) is 2.92. The SMILES string of the molecule is NC#CC1=C(S)C=C([N+](=O)[O-])C(c2ccccc2)(c2ccccc2)C1. The van der Waals surface area contributed by atoms with Crippen LogP contribution in [0.1, 0.15) is 17.5 Å². The summed E-state index contributed by atoms with van der Waals surface area (Å²) in [4.78, 5) is 12.1. The molecule has 0 radical (unpaired) electrons. The molecule has 0 aliphatic heterocycles. The fourth-order valence-electron chi connectivity index (χ4n) is 3.30. The molecular weight excluding hydrogens is 332 g/mol. The average Bonchev–Trinajstić information content (AvgIpc) is 2.64. The lowest BCUT2D eigenvalue weighted by Crippen LogP contribution is -2.36. The molecule has 0 spiro atoms. The van der Waals surface area contributed by atoms with Crippen LogP contribution in [-0.4, -0.2) is 4.92 Å². The summed E-state index contributed by atoms with van der Waals surface area (Å²) in [7, 11) is 0. The summed E-state index contributed by atoms with van der Waals surface area (Å²) >= 11 is 4.39. The van der Waals surface area contributed by atoms with Crippen LogP contribution in [0.2, 0.25) is 0 Å². The van der Waals surface area contributed by atoms with Gasteiger partial charge in [-0.05, 0) is 17.0 Å². The van der Waals surface area contributed by atoms with Gasteiger partial charge in [0.1, 0.15) is 5.41 Å². The van der Waals surface area contributed by atoms with Gasteiger partial charge in [0.05, 0.1) is 4.92 Å². The maximum absolute atomic E-state index is 11.9. The van der Waals surface area contributed by atoms with Gasteiger partial charge in [0.2, 0.25) is 0 Å². The Balaban J connectivity index is 2.36. The quantitative estimate of drug-likeness (QED) is 0.292. The van der Waals surface area contributed by atoms with Crippen molar-refractivity contribution in [3.63, 3.8) is 0 Å². The van der Waals surface area contributed by atoms with Crippen molar-refractivity contribution in [1.82, 2.24) is 0 Å². The van der Waals surface area contributed by atoms with E-state index >= 15 is 0 Å². The molecule has 0 amide bonds. The highest BCUT2D eigenvalue weighted by Gasteiger charge is 2.48. The van der Waals surface area contributed by atoms with E-state index in [4.69, 9.17) is 5.73 Å².